The quantitative estimate of drug-likeness (QED) is 0.904. The van der Waals surface area contributed by atoms with Crippen LogP contribution in [0.5, 0.6) is 0 Å². The normalized spacial score (nSPS) is 15.2. The van der Waals surface area contributed by atoms with Gasteiger partial charge in [0.2, 0.25) is 0 Å². The summed E-state index contributed by atoms with van der Waals surface area (Å²) >= 11 is 0. The van der Waals surface area contributed by atoms with Gasteiger partial charge in [-0.25, -0.2) is 14.8 Å². The maximum atomic E-state index is 12.6. The van der Waals surface area contributed by atoms with Gasteiger partial charge in [-0.1, -0.05) is 0 Å². The molecule has 1 saturated heterocycles. The number of amides is 2. The van der Waals surface area contributed by atoms with E-state index < -0.39 is 11.7 Å². The van der Waals surface area contributed by atoms with Gasteiger partial charge in [0.15, 0.2) is 0 Å². The summed E-state index contributed by atoms with van der Waals surface area (Å²) in [6, 6.07) is 6.40. The van der Waals surface area contributed by atoms with Crippen LogP contribution in [-0.2, 0) is 6.18 Å². The summed E-state index contributed by atoms with van der Waals surface area (Å²) in [5, 5.41) is 2.68. The molecule has 1 aromatic carbocycles. The summed E-state index contributed by atoms with van der Waals surface area (Å²) in [5.41, 5.74) is 0.0444. The van der Waals surface area contributed by atoms with Gasteiger partial charge in [-0.05, 0) is 30.3 Å². The average Bonchev–Trinajstić information content (AvgIpc) is 2.62. The zero-order valence-electron chi connectivity index (χ0n) is 13.2. The molecular weight excluding hydrogens is 335 g/mol. The Morgan fingerprint density at radius 2 is 1.72 bits per heavy atom. The molecule has 6 nitrogen and oxygen atoms in total. The number of aromatic nitrogens is 2. The number of nitrogens with zero attached hydrogens (tertiary/aromatic N) is 4. The topological polar surface area (TPSA) is 61.4 Å². The summed E-state index contributed by atoms with van der Waals surface area (Å²) in [6.45, 7) is 2.03. The highest BCUT2D eigenvalue weighted by Crippen LogP contribution is 2.30. The molecule has 0 atom stereocenters. The van der Waals surface area contributed by atoms with Crippen LogP contribution in [0.2, 0.25) is 0 Å². The number of carbonyl (C=O) groups excluding carboxylic acids is 1. The molecule has 2 amide bonds. The fraction of sp³-hybridized carbons (Fsp3) is 0.312. The third-order valence-electron chi connectivity index (χ3n) is 3.94. The van der Waals surface area contributed by atoms with E-state index in [1.807, 2.05) is 4.90 Å². The molecule has 1 N–H and O–H groups in total. The monoisotopic (exact) mass is 351 g/mol. The zero-order chi connectivity index (χ0) is 17.9. The Balaban J connectivity index is 1.55. The summed E-state index contributed by atoms with van der Waals surface area (Å²) < 4.78 is 37.8. The van der Waals surface area contributed by atoms with Crippen molar-refractivity contribution in [3.05, 3.63) is 48.4 Å². The maximum absolute atomic E-state index is 12.6. The van der Waals surface area contributed by atoms with Crippen molar-refractivity contribution < 1.29 is 18.0 Å². The molecule has 2 aromatic rings. The number of hydrogen-bond donors (Lipinski definition) is 1. The number of halogens is 3. The second-order valence-corrected chi connectivity index (χ2v) is 5.54. The zero-order valence-corrected chi connectivity index (χ0v) is 13.2. The second-order valence-electron chi connectivity index (χ2n) is 5.54. The van der Waals surface area contributed by atoms with E-state index in [1.54, 1.807) is 11.0 Å². The number of rotatable bonds is 2. The van der Waals surface area contributed by atoms with Crippen molar-refractivity contribution in [3.63, 3.8) is 0 Å². The molecule has 1 aliphatic rings. The van der Waals surface area contributed by atoms with E-state index in [9.17, 15) is 18.0 Å². The third-order valence-corrected chi connectivity index (χ3v) is 3.94. The van der Waals surface area contributed by atoms with Crippen molar-refractivity contribution in [3.8, 4) is 0 Å². The molecule has 0 bridgehead atoms. The van der Waals surface area contributed by atoms with Gasteiger partial charge in [0.25, 0.3) is 0 Å². The van der Waals surface area contributed by atoms with E-state index in [4.69, 9.17) is 0 Å². The molecule has 0 unspecified atom stereocenters. The fourth-order valence-electron chi connectivity index (χ4n) is 2.58. The highest BCUT2D eigenvalue weighted by Gasteiger charge is 2.30. The Morgan fingerprint density at radius 3 is 2.28 bits per heavy atom. The Labute approximate surface area is 142 Å². The predicted octanol–water partition coefficient (Wildman–Crippen LogP) is 2.85. The summed E-state index contributed by atoms with van der Waals surface area (Å²) in [4.78, 5) is 23.5. The van der Waals surface area contributed by atoms with E-state index in [0.717, 1.165) is 12.1 Å². The van der Waals surface area contributed by atoms with Crippen LogP contribution in [-0.4, -0.2) is 47.1 Å². The van der Waals surface area contributed by atoms with Crippen LogP contribution in [0.4, 0.5) is 29.5 Å². The van der Waals surface area contributed by atoms with Gasteiger partial charge in [-0.2, -0.15) is 13.2 Å². The number of carbonyl (C=O) groups is 1. The Bertz CT molecular complexity index is 713. The van der Waals surface area contributed by atoms with Crippen LogP contribution < -0.4 is 10.2 Å². The summed E-state index contributed by atoms with van der Waals surface area (Å²) in [6.07, 6.45) is -1.46. The molecule has 3 rings (SSSR count). The second kappa shape index (κ2) is 6.96. The summed E-state index contributed by atoms with van der Waals surface area (Å²) in [7, 11) is 0. The summed E-state index contributed by atoms with van der Waals surface area (Å²) in [5.74, 6) is 0.421. The highest BCUT2D eigenvalue weighted by molar-refractivity contribution is 5.88. The van der Waals surface area contributed by atoms with Crippen molar-refractivity contribution in [1.82, 2.24) is 14.9 Å². The average molecular weight is 351 g/mol. The molecule has 0 spiro atoms. The van der Waals surface area contributed by atoms with Crippen LogP contribution in [0.15, 0.2) is 42.9 Å². The first-order chi connectivity index (χ1) is 11.9. The molecule has 0 radical (unpaired) electrons. The Morgan fingerprint density at radius 1 is 1.04 bits per heavy atom. The van der Waals surface area contributed by atoms with Crippen molar-refractivity contribution in [1.29, 1.82) is 0 Å². The number of benzene rings is 1. The third kappa shape index (κ3) is 4.17. The van der Waals surface area contributed by atoms with E-state index in [1.165, 1.54) is 24.7 Å². The minimum absolute atomic E-state index is 0.259. The highest BCUT2D eigenvalue weighted by atomic mass is 19.4. The minimum atomic E-state index is -4.34. The number of nitrogens with one attached hydrogen (secondary N) is 1. The van der Waals surface area contributed by atoms with Crippen LogP contribution in [0, 0.1) is 0 Å². The van der Waals surface area contributed by atoms with Gasteiger partial charge in [0, 0.05) is 38.1 Å². The molecule has 1 fully saturated rings. The largest absolute Gasteiger partial charge is 0.416 e. The van der Waals surface area contributed by atoms with Crippen molar-refractivity contribution >= 4 is 17.5 Å². The molecule has 132 valence electrons. The Kier molecular flexibility index (Phi) is 4.73. The molecule has 1 aromatic heterocycles. The first-order valence-corrected chi connectivity index (χ1v) is 7.67. The SMILES string of the molecule is O=C(Nc1ccncn1)N1CCN(c2ccc(C(F)(F)F)cc2)CC1. The van der Waals surface area contributed by atoms with Crippen LogP contribution in [0.25, 0.3) is 0 Å². The van der Waals surface area contributed by atoms with Crippen LogP contribution >= 0.6 is 0 Å². The smallest absolute Gasteiger partial charge is 0.368 e. The lowest BCUT2D eigenvalue weighted by Gasteiger charge is -2.36. The molecule has 9 heteroatoms. The molecule has 0 aliphatic carbocycles. The van der Waals surface area contributed by atoms with Gasteiger partial charge in [-0.3, -0.25) is 5.32 Å². The lowest BCUT2D eigenvalue weighted by atomic mass is 10.1. The van der Waals surface area contributed by atoms with Gasteiger partial charge >= 0.3 is 12.2 Å². The van der Waals surface area contributed by atoms with E-state index in [-0.39, 0.29) is 6.03 Å². The Hall–Kier alpha value is -2.84. The first-order valence-electron chi connectivity index (χ1n) is 7.67. The predicted molar refractivity (Wildman–Crippen MR) is 86.3 cm³/mol. The van der Waals surface area contributed by atoms with Crippen molar-refractivity contribution in [2.75, 3.05) is 36.4 Å². The lowest BCUT2D eigenvalue weighted by Crippen LogP contribution is -2.50. The van der Waals surface area contributed by atoms with Crippen molar-refractivity contribution in [2.24, 2.45) is 0 Å². The number of alkyl halides is 3. The molecule has 1 aliphatic heterocycles. The van der Waals surface area contributed by atoms with Gasteiger partial charge in [0.05, 0.1) is 5.56 Å². The molecule has 25 heavy (non-hydrogen) atoms. The number of urea groups is 1. The fourth-order valence-corrected chi connectivity index (χ4v) is 2.58. The number of hydrogen-bond acceptors (Lipinski definition) is 4. The standard InChI is InChI=1S/C16H16F3N5O/c17-16(18,19)12-1-3-13(4-2-12)23-7-9-24(10-8-23)15(25)22-14-5-6-20-11-21-14/h1-6,11H,7-10H2,(H,20,21,22,25). The number of anilines is 2. The van der Waals surface area contributed by atoms with Gasteiger partial charge < -0.3 is 9.80 Å². The maximum Gasteiger partial charge on any atom is 0.416 e. The van der Waals surface area contributed by atoms with Crippen LogP contribution in [0.3, 0.4) is 0 Å². The first kappa shape index (κ1) is 17.0. The van der Waals surface area contributed by atoms with Gasteiger partial charge in [0.1, 0.15) is 12.1 Å². The number of piperazine rings is 1. The van der Waals surface area contributed by atoms with Gasteiger partial charge in [-0.15, -0.1) is 0 Å². The lowest BCUT2D eigenvalue weighted by molar-refractivity contribution is -0.137. The van der Waals surface area contributed by atoms with E-state index >= 15 is 0 Å². The van der Waals surface area contributed by atoms with Crippen LogP contribution in [0.1, 0.15) is 5.56 Å². The molecular formula is C16H16F3N5O. The molecule has 0 saturated carbocycles. The van der Waals surface area contributed by atoms with E-state index in [2.05, 4.69) is 15.3 Å². The minimum Gasteiger partial charge on any atom is -0.368 e. The van der Waals surface area contributed by atoms with Crippen molar-refractivity contribution in [2.45, 2.75) is 6.18 Å². The van der Waals surface area contributed by atoms with E-state index in [0.29, 0.717) is 37.7 Å². The molecule has 2 heterocycles.